The van der Waals surface area contributed by atoms with Gasteiger partial charge in [0, 0.05) is 16.9 Å². The molecule has 2 atom stereocenters. The maximum Gasteiger partial charge on any atom is 0.120 e. The molecule has 1 aromatic rings. The SMILES string of the molecule is CC1COC(C)(Cc2ccccc2Br)N1.Cl. The molecular formula is C12H17BrClNO. The molecule has 0 radical (unpaired) electrons. The quantitative estimate of drug-likeness (QED) is 0.906. The molecule has 1 fully saturated rings. The lowest BCUT2D eigenvalue weighted by Crippen LogP contribution is -2.42. The summed E-state index contributed by atoms with van der Waals surface area (Å²) in [5.41, 5.74) is 1.06. The summed E-state index contributed by atoms with van der Waals surface area (Å²) in [5, 5.41) is 3.46. The van der Waals surface area contributed by atoms with Gasteiger partial charge in [-0.1, -0.05) is 34.1 Å². The number of nitrogens with one attached hydrogen (secondary N) is 1. The lowest BCUT2D eigenvalue weighted by Gasteiger charge is -2.24. The van der Waals surface area contributed by atoms with Gasteiger partial charge in [-0.25, -0.2) is 0 Å². The summed E-state index contributed by atoms with van der Waals surface area (Å²) in [7, 11) is 0. The van der Waals surface area contributed by atoms with Crippen LogP contribution in [-0.2, 0) is 11.2 Å². The average Bonchev–Trinajstić information content (AvgIpc) is 2.51. The molecule has 1 aliphatic rings. The predicted octanol–water partition coefficient (Wildman–Crippen LogP) is 3.14. The maximum absolute atomic E-state index is 5.78. The number of rotatable bonds is 2. The van der Waals surface area contributed by atoms with E-state index in [9.17, 15) is 0 Å². The fraction of sp³-hybridized carbons (Fsp3) is 0.500. The fourth-order valence-electron chi connectivity index (χ4n) is 2.02. The molecular weight excluding hydrogens is 289 g/mol. The first-order valence-corrected chi connectivity index (χ1v) is 6.03. The van der Waals surface area contributed by atoms with Crippen molar-refractivity contribution in [3.8, 4) is 0 Å². The summed E-state index contributed by atoms with van der Waals surface area (Å²) in [6, 6.07) is 8.72. The second-order valence-corrected chi connectivity index (χ2v) is 5.21. The zero-order valence-electron chi connectivity index (χ0n) is 9.50. The summed E-state index contributed by atoms with van der Waals surface area (Å²) in [4.78, 5) is 0. The molecule has 16 heavy (non-hydrogen) atoms. The molecule has 90 valence electrons. The monoisotopic (exact) mass is 305 g/mol. The third-order valence-corrected chi connectivity index (χ3v) is 3.46. The van der Waals surface area contributed by atoms with Crippen molar-refractivity contribution in [2.75, 3.05) is 6.61 Å². The molecule has 2 rings (SSSR count). The van der Waals surface area contributed by atoms with Crippen LogP contribution >= 0.6 is 28.3 Å². The van der Waals surface area contributed by atoms with Crippen LogP contribution in [0.2, 0.25) is 0 Å². The molecule has 0 saturated carbocycles. The predicted molar refractivity (Wildman–Crippen MR) is 72.0 cm³/mol. The van der Waals surface area contributed by atoms with Gasteiger partial charge in [0.25, 0.3) is 0 Å². The summed E-state index contributed by atoms with van der Waals surface area (Å²) < 4.78 is 6.93. The highest BCUT2D eigenvalue weighted by Gasteiger charge is 2.33. The molecule has 2 nitrogen and oxygen atoms in total. The fourth-order valence-corrected chi connectivity index (χ4v) is 2.45. The lowest BCUT2D eigenvalue weighted by atomic mass is 10.0. The zero-order valence-corrected chi connectivity index (χ0v) is 11.9. The van der Waals surface area contributed by atoms with E-state index >= 15 is 0 Å². The number of hydrogen-bond donors (Lipinski definition) is 1. The minimum Gasteiger partial charge on any atom is -0.359 e. The summed E-state index contributed by atoms with van der Waals surface area (Å²) >= 11 is 3.56. The van der Waals surface area contributed by atoms with Gasteiger partial charge in [0.15, 0.2) is 0 Å². The number of hydrogen-bond acceptors (Lipinski definition) is 2. The Morgan fingerprint density at radius 1 is 1.50 bits per heavy atom. The van der Waals surface area contributed by atoms with Crippen molar-refractivity contribution in [2.24, 2.45) is 0 Å². The van der Waals surface area contributed by atoms with Gasteiger partial charge < -0.3 is 4.74 Å². The summed E-state index contributed by atoms with van der Waals surface area (Å²) in [5.74, 6) is 0. The Balaban J connectivity index is 0.00000128. The molecule has 0 bridgehead atoms. The van der Waals surface area contributed by atoms with E-state index in [0.29, 0.717) is 6.04 Å². The third-order valence-electron chi connectivity index (χ3n) is 2.69. The Labute approximate surface area is 111 Å². The first kappa shape index (κ1) is 14.0. The average molecular weight is 307 g/mol. The van der Waals surface area contributed by atoms with Crippen LogP contribution in [0.1, 0.15) is 19.4 Å². The van der Waals surface area contributed by atoms with Crippen LogP contribution in [0.15, 0.2) is 28.7 Å². The van der Waals surface area contributed by atoms with Gasteiger partial charge in [0.05, 0.1) is 6.61 Å². The number of halogens is 2. The molecule has 0 spiro atoms. The first-order chi connectivity index (χ1) is 7.09. The summed E-state index contributed by atoms with van der Waals surface area (Å²) in [6.45, 7) is 5.04. The van der Waals surface area contributed by atoms with E-state index in [4.69, 9.17) is 4.74 Å². The Kier molecular flexibility index (Phi) is 4.80. The molecule has 0 aromatic heterocycles. The Bertz CT molecular complexity index is 361. The van der Waals surface area contributed by atoms with Crippen LogP contribution in [0, 0.1) is 0 Å². The van der Waals surface area contributed by atoms with Crippen molar-refractivity contribution < 1.29 is 4.74 Å². The van der Waals surface area contributed by atoms with Crippen molar-refractivity contribution in [1.29, 1.82) is 0 Å². The normalized spacial score (nSPS) is 28.8. The van der Waals surface area contributed by atoms with E-state index in [1.807, 2.05) is 6.07 Å². The van der Waals surface area contributed by atoms with Crippen molar-refractivity contribution in [1.82, 2.24) is 5.32 Å². The van der Waals surface area contributed by atoms with E-state index < -0.39 is 0 Å². The Hall–Kier alpha value is -0.0900. The molecule has 1 aliphatic heterocycles. The van der Waals surface area contributed by atoms with Crippen LogP contribution < -0.4 is 5.32 Å². The van der Waals surface area contributed by atoms with E-state index in [1.54, 1.807) is 0 Å². The Morgan fingerprint density at radius 3 is 2.75 bits per heavy atom. The van der Waals surface area contributed by atoms with E-state index in [2.05, 4.69) is 53.3 Å². The molecule has 0 aliphatic carbocycles. The minimum atomic E-state index is -0.219. The van der Waals surface area contributed by atoms with Gasteiger partial charge in [-0.15, -0.1) is 12.4 Å². The van der Waals surface area contributed by atoms with Crippen molar-refractivity contribution in [2.45, 2.75) is 32.0 Å². The third kappa shape index (κ3) is 3.20. The van der Waals surface area contributed by atoms with Crippen molar-refractivity contribution in [3.63, 3.8) is 0 Å². The van der Waals surface area contributed by atoms with Crippen LogP contribution in [0.3, 0.4) is 0 Å². The Morgan fingerprint density at radius 2 is 2.19 bits per heavy atom. The lowest BCUT2D eigenvalue weighted by molar-refractivity contribution is 0.00678. The summed E-state index contributed by atoms with van der Waals surface area (Å²) in [6.07, 6.45) is 0.888. The number of benzene rings is 1. The molecule has 1 saturated heterocycles. The van der Waals surface area contributed by atoms with Gasteiger partial charge in [0.2, 0.25) is 0 Å². The largest absolute Gasteiger partial charge is 0.359 e. The van der Waals surface area contributed by atoms with Gasteiger partial charge in [-0.05, 0) is 25.5 Å². The van der Waals surface area contributed by atoms with Crippen LogP contribution in [0.4, 0.5) is 0 Å². The molecule has 0 amide bonds. The highest BCUT2D eigenvalue weighted by molar-refractivity contribution is 9.10. The zero-order chi connectivity index (χ0) is 10.9. The molecule has 2 unspecified atom stereocenters. The van der Waals surface area contributed by atoms with Crippen molar-refractivity contribution >= 4 is 28.3 Å². The highest BCUT2D eigenvalue weighted by atomic mass is 79.9. The van der Waals surface area contributed by atoms with E-state index in [1.165, 1.54) is 5.56 Å². The second-order valence-electron chi connectivity index (χ2n) is 4.36. The molecule has 4 heteroatoms. The number of ether oxygens (including phenoxy) is 1. The second kappa shape index (κ2) is 5.50. The van der Waals surface area contributed by atoms with Crippen molar-refractivity contribution in [3.05, 3.63) is 34.3 Å². The molecule has 1 N–H and O–H groups in total. The molecule has 1 aromatic carbocycles. The van der Waals surface area contributed by atoms with E-state index in [0.717, 1.165) is 17.5 Å². The van der Waals surface area contributed by atoms with Crippen LogP contribution in [0.5, 0.6) is 0 Å². The highest BCUT2D eigenvalue weighted by Crippen LogP contribution is 2.25. The van der Waals surface area contributed by atoms with Gasteiger partial charge >= 0.3 is 0 Å². The van der Waals surface area contributed by atoms with Crippen LogP contribution in [0.25, 0.3) is 0 Å². The van der Waals surface area contributed by atoms with Gasteiger partial charge in [-0.2, -0.15) is 0 Å². The minimum absolute atomic E-state index is 0. The van der Waals surface area contributed by atoms with Crippen LogP contribution in [-0.4, -0.2) is 18.4 Å². The van der Waals surface area contributed by atoms with Gasteiger partial charge in [-0.3, -0.25) is 5.32 Å². The van der Waals surface area contributed by atoms with E-state index in [-0.39, 0.29) is 18.1 Å². The topological polar surface area (TPSA) is 21.3 Å². The standard InChI is InChI=1S/C12H16BrNO.ClH/c1-9-8-15-12(2,14-9)7-10-5-3-4-6-11(10)13;/h3-6,9,14H,7-8H2,1-2H3;1H. The molecule has 1 heterocycles. The first-order valence-electron chi connectivity index (χ1n) is 5.24. The van der Waals surface area contributed by atoms with Gasteiger partial charge in [0.1, 0.15) is 5.72 Å². The maximum atomic E-state index is 5.78. The smallest absolute Gasteiger partial charge is 0.120 e.